The lowest BCUT2D eigenvalue weighted by molar-refractivity contribution is -0.385. The average Bonchev–Trinajstić information content (AvgIpc) is 2.47. The lowest BCUT2D eigenvalue weighted by Gasteiger charge is -2.26. The molecule has 0 spiro atoms. The SMILES string of the molecule is COc1cc([N+](=O)[O-])ccc1S(=O)(=O)N1CCOCC1. The van der Waals surface area contributed by atoms with Crippen LogP contribution in [0.2, 0.25) is 0 Å². The molecule has 1 aromatic rings. The fraction of sp³-hybridized carbons (Fsp3) is 0.455. The molecule has 1 aliphatic heterocycles. The molecule has 1 saturated heterocycles. The Hall–Kier alpha value is -1.71. The molecule has 110 valence electrons. The van der Waals surface area contributed by atoms with Crippen LogP contribution in [0.25, 0.3) is 0 Å². The molecule has 0 radical (unpaired) electrons. The molecule has 0 bridgehead atoms. The van der Waals surface area contributed by atoms with Crippen molar-refractivity contribution < 1.29 is 22.8 Å². The van der Waals surface area contributed by atoms with Crippen LogP contribution in [0.5, 0.6) is 5.75 Å². The van der Waals surface area contributed by atoms with Crippen LogP contribution in [-0.4, -0.2) is 51.1 Å². The number of methoxy groups -OCH3 is 1. The van der Waals surface area contributed by atoms with Crippen LogP contribution >= 0.6 is 0 Å². The van der Waals surface area contributed by atoms with Gasteiger partial charge in [-0.05, 0) is 6.07 Å². The Kier molecular flexibility index (Phi) is 4.21. The van der Waals surface area contributed by atoms with E-state index in [1.54, 1.807) is 0 Å². The first-order chi connectivity index (χ1) is 9.46. The second kappa shape index (κ2) is 5.73. The van der Waals surface area contributed by atoms with E-state index >= 15 is 0 Å². The first kappa shape index (κ1) is 14.7. The third kappa shape index (κ3) is 2.74. The Morgan fingerprint density at radius 3 is 2.55 bits per heavy atom. The number of sulfonamides is 1. The van der Waals surface area contributed by atoms with Gasteiger partial charge in [0.15, 0.2) is 0 Å². The molecule has 0 aromatic heterocycles. The molecule has 0 atom stereocenters. The van der Waals surface area contributed by atoms with Gasteiger partial charge in [-0.2, -0.15) is 4.31 Å². The van der Waals surface area contributed by atoms with Crippen LogP contribution in [0.15, 0.2) is 23.1 Å². The smallest absolute Gasteiger partial charge is 0.273 e. The van der Waals surface area contributed by atoms with E-state index in [1.807, 2.05) is 0 Å². The summed E-state index contributed by atoms with van der Waals surface area (Å²) in [6.45, 7) is 1.16. The highest BCUT2D eigenvalue weighted by Gasteiger charge is 2.30. The molecule has 0 N–H and O–H groups in total. The molecule has 0 unspecified atom stereocenters. The minimum atomic E-state index is -3.74. The van der Waals surface area contributed by atoms with Crippen molar-refractivity contribution in [2.75, 3.05) is 33.4 Å². The fourth-order valence-corrected chi connectivity index (χ4v) is 3.45. The van der Waals surface area contributed by atoms with Gasteiger partial charge < -0.3 is 9.47 Å². The molecule has 0 amide bonds. The van der Waals surface area contributed by atoms with Crippen LogP contribution in [0.1, 0.15) is 0 Å². The van der Waals surface area contributed by atoms with Crippen molar-refractivity contribution in [1.29, 1.82) is 0 Å². The first-order valence-electron chi connectivity index (χ1n) is 5.87. The summed E-state index contributed by atoms with van der Waals surface area (Å²) in [6, 6.07) is 3.45. The number of nitrogens with zero attached hydrogens (tertiary/aromatic N) is 2. The van der Waals surface area contributed by atoms with Gasteiger partial charge >= 0.3 is 0 Å². The van der Waals surface area contributed by atoms with Gasteiger partial charge in [0.2, 0.25) is 10.0 Å². The predicted molar refractivity (Wildman–Crippen MR) is 69.2 cm³/mol. The summed E-state index contributed by atoms with van der Waals surface area (Å²) in [5.74, 6) is -0.0364. The first-order valence-corrected chi connectivity index (χ1v) is 7.31. The van der Waals surface area contributed by atoms with E-state index in [-0.39, 0.29) is 29.4 Å². The zero-order chi connectivity index (χ0) is 14.8. The van der Waals surface area contributed by atoms with E-state index in [0.29, 0.717) is 13.2 Å². The Balaban J connectivity index is 2.42. The van der Waals surface area contributed by atoms with Crippen molar-refractivity contribution in [2.45, 2.75) is 4.90 Å². The summed E-state index contributed by atoms with van der Waals surface area (Å²) in [7, 11) is -2.47. The lowest BCUT2D eigenvalue weighted by Crippen LogP contribution is -2.40. The Labute approximate surface area is 116 Å². The summed E-state index contributed by atoms with van der Waals surface area (Å²) in [4.78, 5) is 10.0. The Morgan fingerprint density at radius 2 is 2.00 bits per heavy atom. The average molecular weight is 302 g/mol. The summed E-state index contributed by atoms with van der Waals surface area (Å²) >= 11 is 0. The van der Waals surface area contributed by atoms with Crippen molar-refractivity contribution in [3.05, 3.63) is 28.3 Å². The normalized spacial score (nSPS) is 16.9. The Morgan fingerprint density at radius 1 is 1.35 bits per heavy atom. The highest BCUT2D eigenvalue weighted by molar-refractivity contribution is 7.89. The van der Waals surface area contributed by atoms with Crippen molar-refractivity contribution in [2.24, 2.45) is 0 Å². The third-order valence-corrected chi connectivity index (χ3v) is 4.88. The van der Waals surface area contributed by atoms with Gasteiger partial charge in [-0.1, -0.05) is 0 Å². The molecule has 0 aliphatic carbocycles. The molecule has 2 rings (SSSR count). The highest BCUT2D eigenvalue weighted by atomic mass is 32.2. The van der Waals surface area contributed by atoms with E-state index in [9.17, 15) is 18.5 Å². The summed E-state index contributed by atoms with van der Waals surface area (Å²) < 4.78 is 36.3. The molecule has 1 heterocycles. The highest BCUT2D eigenvalue weighted by Crippen LogP contribution is 2.30. The van der Waals surface area contributed by atoms with E-state index in [2.05, 4.69) is 0 Å². The van der Waals surface area contributed by atoms with Gasteiger partial charge in [0, 0.05) is 19.2 Å². The second-order valence-corrected chi connectivity index (χ2v) is 6.02. The number of hydrogen-bond donors (Lipinski definition) is 0. The largest absolute Gasteiger partial charge is 0.495 e. The quantitative estimate of drug-likeness (QED) is 0.597. The molecule has 0 saturated carbocycles. The monoisotopic (exact) mass is 302 g/mol. The van der Waals surface area contributed by atoms with Gasteiger partial charge in [-0.3, -0.25) is 10.1 Å². The fourth-order valence-electron chi connectivity index (χ4n) is 1.91. The zero-order valence-electron chi connectivity index (χ0n) is 10.8. The minimum absolute atomic E-state index is 0.0364. The van der Waals surface area contributed by atoms with Gasteiger partial charge in [-0.15, -0.1) is 0 Å². The maximum absolute atomic E-state index is 12.5. The summed E-state index contributed by atoms with van der Waals surface area (Å²) in [5, 5.41) is 10.7. The van der Waals surface area contributed by atoms with E-state index in [1.165, 1.54) is 17.5 Å². The molecule has 8 nitrogen and oxygen atoms in total. The number of nitro benzene ring substituents is 1. The molecule has 1 aromatic carbocycles. The van der Waals surface area contributed by atoms with Crippen molar-refractivity contribution in [3.63, 3.8) is 0 Å². The van der Waals surface area contributed by atoms with Crippen molar-refractivity contribution in [3.8, 4) is 5.75 Å². The Bertz CT molecular complexity index is 609. The van der Waals surface area contributed by atoms with E-state index in [4.69, 9.17) is 9.47 Å². The molecule has 9 heteroatoms. The number of benzene rings is 1. The molecular formula is C11H14N2O6S. The van der Waals surface area contributed by atoms with E-state index in [0.717, 1.165) is 12.1 Å². The van der Waals surface area contributed by atoms with Crippen LogP contribution in [0, 0.1) is 10.1 Å². The van der Waals surface area contributed by atoms with Gasteiger partial charge in [0.05, 0.1) is 31.3 Å². The predicted octanol–water partition coefficient (Wildman–Crippen LogP) is 0.624. The molecule has 1 aliphatic rings. The van der Waals surface area contributed by atoms with Crippen LogP contribution in [0.4, 0.5) is 5.69 Å². The zero-order valence-corrected chi connectivity index (χ0v) is 11.6. The number of hydrogen-bond acceptors (Lipinski definition) is 6. The number of ether oxygens (including phenoxy) is 2. The standard InChI is InChI=1S/C11H14N2O6S/c1-18-10-8-9(13(14)15)2-3-11(10)20(16,17)12-4-6-19-7-5-12/h2-3,8H,4-7H2,1H3. The molecule has 20 heavy (non-hydrogen) atoms. The van der Waals surface area contributed by atoms with Gasteiger partial charge in [0.1, 0.15) is 10.6 Å². The topological polar surface area (TPSA) is 99.0 Å². The summed E-state index contributed by atoms with van der Waals surface area (Å²) in [6.07, 6.45) is 0. The minimum Gasteiger partial charge on any atom is -0.495 e. The van der Waals surface area contributed by atoms with Crippen LogP contribution in [-0.2, 0) is 14.8 Å². The van der Waals surface area contributed by atoms with Crippen LogP contribution < -0.4 is 4.74 Å². The molecule has 1 fully saturated rings. The van der Waals surface area contributed by atoms with Crippen molar-refractivity contribution >= 4 is 15.7 Å². The van der Waals surface area contributed by atoms with Crippen molar-refractivity contribution in [1.82, 2.24) is 4.31 Å². The number of morpholine rings is 1. The molecular weight excluding hydrogens is 288 g/mol. The summed E-state index contributed by atoms with van der Waals surface area (Å²) in [5.41, 5.74) is -0.220. The van der Waals surface area contributed by atoms with Crippen LogP contribution in [0.3, 0.4) is 0 Å². The number of rotatable bonds is 4. The second-order valence-electron chi connectivity index (χ2n) is 4.11. The van der Waals surface area contributed by atoms with E-state index < -0.39 is 14.9 Å². The van der Waals surface area contributed by atoms with Gasteiger partial charge in [0.25, 0.3) is 5.69 Å². The lowest BCUT2D eigenvalue weighted by atomic mass is 10.3. The van der Waals surface area contributed by atoms with Gasteiger partial charge in [-0.25, -0.2) is 8.42 Å². The maximum Gasteiger partial charge on any atom is 0.273 e. The third-order valence-electron chi connectivity index (χ3n) is 2.95. The number of nitro groups is 1. The number of non-ortho nitro benzene ring substituents is 1. The maximum atomic E-state index is 12.5.